The Balaban J connectivity index is 0. The number of hydrogen-bond donors (Lipinski definition) is 0. The standard InChI is InChI=1S/C3H7.Nb.O/c1-3-2;;/h3H,1-2H3;;/q-1;;. The monoisotopic (exact) mass is 152 g/mol. The third-order valence-electron chi connectivity index (χ3n) is 0. The van der Waals surface area contributed by atoms with Crippen molar-refractivity contribution in [2.45, 2.75) is 13.8 Å². The van der Waals surface area contributed by atoms with Gasteiger partial charge in [-0.3, -0.25) is 0 Å². The van der Waals surface area contributed by atoms with E-state index >= 15 is 0 Å². The average Bonchev–Trinajstić information content (AvgIpc) is 1.46. The summed E-state index contributed by atoms with van der Waals surface area (Å²) in [5, 5.41) is 0. The topological polar surface area (TPSA) is 17.1 Å². The number of hydrogen-bond acceptors (Lipinski definition) is 1. The van der Waals surface area contributed by atoms with Gasteiger partial charge in [0, 0.05) is 0 Å². The molecule has 0 heterocycles. The van der Waals surface area contributed by atoms with Gasteiger partial charge in [0.2, 0.25) is 0 Å². The second kappa shape index (κ2) is 24.0. The van der Waals surface area contributed by atoms with Crippen molar-refractivity contribution in [2.24, 2.45) is 0 Å². The Morgan fingerprint density at radius 3 is 1.40 bits per heavy atom. The molecule has 31 valence electrons. The van der Waals surface area contributed by atoms with Gasteiger partial charge in [-0.05, 0) is 0 Å². The second-order valence-corrected chi connectivity index (χ2v) is 0.577. The molecule has 5 heavy (non-hydrogen) atoms. The third kappa shape index (κ3) is 100. The third-order valence-corrected chi connectivity index (χ3v) is 0. The van der Waals surface area contributed by atoms with Gasteiger partial charge in [-0.15, -0.1) is 0 Å². The van der Waals surface area contributed by atoms with Crippen molar-refractivity contribution in [1.82, 2.24) is 0 Å². The van der Waals surface area contributed by atoms with Crippen LogP contribution < -0.4 is 0 Å². The van der Waals surface area contributed by atoms with E-state index in [2.05, 4.69) is 0 Å². The first-order chi connectivity index (χ1) is 2.41. The van der Waals surface area contributed by atoms with E-state index in [0.29, 0.717) is 21.0 Å². The Hall–Kier alpha value is 0.540. The van der Waals surface area contributed by atoms with Crippen LogP contribution in [0.1, 0.15) is 13.8 Å². The van der Waals surface area contributed by atoms with Gasteiger partial charge in [0.05, 0.1) is 0 Å². The summed E-state index contributed by atoms with van der Waals surface area (Å²) in [6, 6.07) is 0. The molecule has 0 amide bonds. The molecule has 0 atom stereocenters. The van der Waals surface area contributed by atoms with Gasteiger partial charge in [0.15, 0.2) is 0 Å². The molecule has 0 bridgehead atoms. The summed E-state index contributed by atoms with van der Waals surface area (Å²) >= 11 is 0.500. The molecule has 0 unspecified atom stereocenters. The van der Waals surface area contributed by atoms with Crippen LogP contribution >= 0.6 is 0 Å². The summed E-state index contributed by atoms with van der Waals surface area (Å²) in [4.78, 5) is 0. The zero-order chi connectivity index (χ0) is 4.71. The SMILES string of the molecule is C[CH-]C.[O]=[Nb]. The van der Waals surface area contributed by atoms with Gasteiger partial charge in [0.25, 0.3) is 0 Å². The van der Waals surface area contributed by atoms with Crippen molar-refractivity contribution in [1.29, 1.82) is 0 Å². The Bertz CT molecular complexity index is 10.9. The molecule has 0 aliphatic carbocycles. The normalized spacial score (nSPS) is 4.20. The van der Waals surface area contributed by atoms with E-state index in [9.17, 15) is 0 Å². The van der Waals surface area contributed by atoms with Crippen LogP contribution in [0.15, 0.2) is 0 Å². The first kappa shape index (κ1) is 9.11. The fourth-order valence-corrected chi connectivity index (χ4v) is 0. The van der Waals surface area contributed by atoms with E-state index in [4.69, 9.17) is 3.25 Å². The molecule has 0 rings (SSSR count). The Morgan fingerprint density at radius 1 is 1.40 bits per heavy atom. The minimum absolute atomic E-state index is 0.500. The second-order valence-electron chi connectivity index (χ2n) is 0.577. The van der Waals surface area contributed by atoms with Gasteiger partial charge in [0.1, 0.15) is 0 Å². The molecule has 0 N–H and O–H groups in total. The Morgan fingerprint density at radius 2 is 1.40 bits per heavy atom. The zero-order valence-corrected chi connectivity index (χ0v) is 5.63. The Labute approximate surface area is 45.0 Å². The molecule has 1 nitrogen and oxygen atoms in total. The summed E-state index contributed by atoms with van der Waals surface area (Å²) in [6.07, 6.45) is 2.00. The molecule has 0 saturated carbocycles. The van der Waals surface area contributed by atoms with Crippen molar-refractivity contribution in [3.8, 4) is 0 Å². The minimum atomic E-state index is 0.500. The molecule has 2 heteroatoms. The van der Waals surface area contributed by atoms with E-state index in [-0.39, 0.29) is 0 Å². The van der Waals surface area contributed by atoms with Gasteiger partial charge < -0.3 is 6.42 Å². The van der Waals surface area contributed by atoms with Crippen LogP contribution in [0.5, 0.6) is 0 Å². The zero-order valence-electron chi connectivity index (χ0n) is 3.43. The molecule has 0 saturated heterocycles. The van der Waals surface area contributed by atoms with Crippen molar-refractivity contribution < 1.29 is 24.3 Å². The summed E-state index contributed by atoms with van der Waals surface area (Å²) in [6.45, 7) is 4.00. The fourth-order valence-electron chi connectivity index (χ4n) is 0. The summed E-state index contributed by atoms with van der Waals surface area (Å²) in [5.74, 6) is 0. The van der Waals surface area contributed by atoms with Crippen LogP contribution in [-0.2, 0) is 24.3 Å². The van der Waals surface area contributed by atoms with Crippen molar-refractivity contribution in [3.63, 3.8) is 0 Å². The predicted octanol–water partition coefficient (Wildman–Crippen LogP) is 1.11. The quantitative estimate of drug-likeness (QED) is 0.375. The average molecular weight is 152 g/mol. The molecular weight excluding hydrogens is 145 g/mol. The first-order valence-corrected chi connectivity index (χ1v) is 2.23. The van der Waals surface area contributed by atoms with Crippen LogP contribution in [0.4, 0.5) is 0 Å². The van der Waals surface area contributed by atoms with Crippen LogP contribution in [-0.4, -0.2) is 0 Å². The van der Waals surface area contributed by atoms with Crippen molar-refractivity contribution in [2.75, 3.05) is 0 Å². The summed E-state index contributed by atoms with van der Waals surface area (Å²) in [7, 11) is 0. The van der Waals surface area contributed by atoms with Crippen LogP contribution in [0.3, 0.4) is 0 Å². The molecule has 0 spiro atoms. The molecular formula is C3H7NbO-. The molecule has 0 aromatic carbocycles. The molecule has 0 radical (unpaired) electrons. The van der Waals surface area contributed by atoms with Crippen LogP contribution in [0.2, 0.25) is 0 Å². The first-order valence-electron chi connectivity index (χ1n) is 1.34. The predicted molar refractivity (Wildman–Crippen MR) is 16.3 cm³/mol. The molecule has 0 aliphatic heterocycles. The Kier molecular flexibility index (Phi) is 43.7. The molecule has 0 aliphatic rings. The number of rotatable bonds is 0. The fraction of sp³-hybridized carbons (Fsp3) is 0.667. The molecule has 0 aromatic rings. The van der Waals surface area contributed by atoms with Gasteiger partial charge in [-0.25, -0.2) is 0 Å². The van der Waals surface area contributed by atoms with E-state index in [1.165, 1.54) is 0 Å². The van der Waals surface area contributed by atoms with Gasteiger partial charge >= 0.3 is 24.3 Å². The van der Waals surface area contributed by atoms with Crippen LogP contribution in [0, 0.1) is 6.42 Å². The van der Waals surface area contributed by atoms with Crippen molar-refractivity contribution >= 4 is 0 Å². The molecule has 0 fully saturated rings. The van der Waals surface area contributed by atoms with E-state index in [0.717, 1.165) is 0 Å². The maximum atomic E-state index is 8.30. The summed E-state index contributed by atoms with van der Waals surface area (Å²) in [5.41, 5.74) is 0. The van der Waals surface area contributed by atoms with E-state index in [1.807, 2.05) is 20.3 Å². The van der Waals surface area contributed by atoms with E-state index in [1.54, 1.807) is 0 Å². The van der Waals surface area contributed by atoms with Gasteiger partial charge in [-0.2, -0.15) is 13.8 Å². The van der Waals surface area contributed by atoms with Gasteiger partial charge in [-0.1, -0.05) is 0 Å². The maximum absolute atomic E-state index is 8.30. The van der Waals surface area contributed by atoms with E-state index < -0.39 is 0 Å². The summed E-state index contributed by atoms with van der Waals surface area (Å²) < 4.78 is 8.30. The van der Waals surface area contributed by atoms with Crippen molar-refractivity contribution in [3.05, 3.63) is 6.42 Å². The molecule has 0 aromatic heterocycles. The van der Waals surface area contributed by atoms with Crippen LogP contribution in [0.25, 0.3) is 0 Å².